The standard InChI is InChI=1S/C14H22BrIN2O2/c1-4-7-10-19-14-12(15)13(20-17-14)11(5-2)18(6-3)9-8-16/h5,11H,2,4,6-10H2,1,3H3/t11-/m0/s1. The van der Waals surface area contributed by atoms with Crippen molar-refractivity contribution in [2.75, 3.05) is 24.1 Å². The Morgan fingerprint density at radius 3 is 2.85 bits per heavy atom. The molecule has 0 aromatic carbocycles. The number of alkyl halides is 1. The SMILES string of the molecule is C=C[C@@H](c1onc(OCCCC)c1Br)N(CC)CCI. The Hall–Kier alpha value is -0.0800. The second-order valence-electron chi connectivity index (χ2n) is 4.37. The molecule has 0 aliphatic rings. The lowest BCUT2D eigenvalue weighted by Crippen LogP contribution is -2.29. The van der Waals surface area contributed by atoms with Crippen LogP contribution in [0.25, 0.3) is 0 Å². The van der Waals surface area contributed by atoms with E-state index in [0.717, 1.165) is 40.6 Å². The van der Waals surface area contributed by atoms with Gasteiger partial charge in [0.25, 0.3) is 5.88 Å². The van der Waals surface area contributed by atoms with Gasteiger partial charge in [-0.25, -0.2) is 0 Å². The Balaban J connectivity index is 2.85. The van der Waals surface area contributed by atoms with Crippen molar-refractivity contribution in [1.29, 1.82) is 0 Å². The molecule has 0 N–H and O–H groups in total. The lowest BCUT2D eigenvalue weighted by Gasteiger charge is -2.25. The summed E-state index contributed by atoms with van der Waals surface area (Å²) in [6.45, 7) is 10.7. The first-order valence-electron chi connectivity index (χ1n) is 6.89. The van der Waals surface area contributed by atoms with Crippen LogP contribution in [0.1, 0.15) is 38.5 Å². The fourth-order valence-electron chi connectivity index (χ4n) is 1.89. The van der Waals surface area contributed by atoms with Gasteiger partial charge in [-0.1, -0.05) is 48.9 Å². The van der Waals surface area contributed by atoms with Gasteiger partial charge in [0, 0.05) is 11.0 Å². The van der Waals surface area contributed by atoms with E-state index in [9.17, 15) is 0 Å². The maximum Gasteiger partial charge on any atom is 0.268 e. The summed E-state index contributed by atoms with van der Waals surface area (Å²) in [6, 6.07) is 0.0140. The highest BCUT2D eigenvalue weighted by Crippen LogP contribution is 2.35. The molecule has 20 heavy (non-hydrogen) atoms. The van der Waals surface area contributed by atoms with Crippen molar-refractivity contribution >= 4 is 38.5 Å². The molecule has 1 rings (SSSR count). The number of unbranched alkanes of at least 4 members (excludes halogenated alkanes) is 1. The van der Waals surface area contributed by atoms with Crippen molar-refractivity contribution in [2.45, 2.75) is 32.7 Å². The molecule has 4 nitrogen and oxygen atoms in total. The Labute approximate surface area is 143 Å². The Morgan fingerprint density at radius 1 is 1.55 bits per heavy atom. The Kier molecular flexibility index (Phi) is 8.79. The van der Waals surface area contributed by atoms with Crippen molar-refractivity contribution in [2.24, 2.45) is 0 Å². The third kappa shape index (κ3) is 4.73. The van der Waals surface area contributed by atoms with E-state index in [1.165, 1.54) is 0 Å². The van der Waals surface area contributed by atoms with Crippen LogP contribution in [0.5, 0.6) is 5.88 Å². The van der Waals surface area contributed by atoms with Crippen LogP contribution in [0.4, 0.5) is 0 Å². The van der Waals surface area contributed by atoms with Crippen LogP contribution in [0.2, 0.25) is 0 Å². The highest BCUT2D eigenvalue weighted by molar-refractivity contribution is 14.1. The van der Waals surface area contributed by atoms with Crippen LogP contribution in [0, 0.1) is 0 Å². The maximum atomic E-state index is 5.62. The molecule has 1 aromatic heterocycles. The molecule has 0 fully saturated rings. The van der Waals surface area contributed by atoms with E-state index < -0.39 is 0 Å². The van der Waals surface area contributed by atoms with Crippen LogP contribution >= 0.6 is 38.5 Å². The van der Waals surface area contributed by atoms with Gasteiger partial charge in [-0.15, -0.1) is 6.58 Å². The predicted octanol–water partition coefficient (Wildman–Crippen LogP) is 4.60. The summed E-state index contributed by atoms with van der Waals surface area (Å²) in [4.78, 5) is 2.29. The first-order chi connectivity index (χ1) is 9.69. The summed E-state index contributed by atoms with van der Waals surface area (Å²) in [5, 5.41) is 4.01. The molecule has 1 heterocycles. The zero-order valence-electron chi connectivity index (χ0n) is 12.1. The summed E-state index contributed by atoms with van der Waals surface area (Å²) >= 11 is 5.91. The third-order valence-corrected chi connectivity index (χ3v) is 4.24. The fourth-order valence-corrected chi connectivity index (χ4v) is 3.00. The van der Waals surface area contributed by atoms with Gasteiger partial charge in [0.1, 0.15) is 4.47 Å². The monoisotopic (exact) mass is 456 g/mol. The second kappa shape index (κ2) is 9.78. The molecule has 0 aliphatic heterocycles. The first kappa shape index (κ1) is 18.0. The van der Waals surface area contributed by atoms with Gasteiger partial charge in [-0.05, 0) is 34.1 Å². The van der Waals surface area contributed by atoms with Crippen molar-refractivity contribution in [3.05, 3.63) is 22.9 Å². The molecular formula is C14H22BrIN2O2. The third-order valence-electron chi connectivity index (χ3n) is 3.03. The Bertz CT molecular complexity index is 412. The van der Waals surface area contributed by atoms with E-state index >= 15 is 0 Å². The van der Waals surface area contributed by atoms with Crippen LogP contribution < -0.4 is 4.74 Å². The van der Waals surface area contributed by atoms with E-state index in [2.05, 4.69) is 69.0 Å². The van der Waals surface area contributed by atoms with Gasteiger partial charge in [0.15, 0.2) is 5.76 Å². The molecular weight excluding hydrogens is 435 g/mol. The molecule has 1 aromatic rings. The lowest BCUT2D eigenvalue weighted by molar-refractivity contribution is 0.213. The molecule has 1 atom stereocenters. The average Bonchev–Trinajstić information content (AvgIpc) is 2.81. The molecule has 0 aliphatic carbocycles. The fraction of sp³-hybridized carbons (Fsp3) is 0.643. The molecule has 0 spiro atoms. The normalized spacial score (nSPS) is 12.7. The molecule has 0 amide bonds. The minimum Gasteiger partial charge on any atom is -0.475 e. The highest BCUT2D eigenvalue weighted by atomic mass is 127. The van der Waals surface area contributed by atoms with Crippen LogP contribution in [0.15, 0.2) is 21.7 Å². The number of rotatable bonds is 10. The molecule has 0 saturated carbocycles. The summed E-state index contributed by atoms with van der Waals surface area (Å²) in [5.74, 6) is 1.30. The van der Waals surface area contributed by atoms with E-state index in [1.54, 1.807) is 0 Å². The molecule has 0 bridgehead atoms. The number of nitrogens with zero attached hydrogens (tertiary/aromatic N) is 2. The first-order valence-corrected chi connectivity index (χ1v) is 9.21. The van der Waals surface area contributed by atoms with E-state index in [0.29, 0.717) is 12.5 Å². The zero-order valence-corrected chi connectivity index (χ0v) is 15.8. The van der Waals surface area contributed by atoms with E-state index in [-0.39, 0.29) is 6.04 Å². The van der Waals surface area contributed by atoms with Crippen LogP contribution in [0.3, 0.4) is 0 Å². The zero-order chi connectivity index (χ0) is 15.0. The summed E-state index contributed by atoms with van der Waals surface area (Å²) < 4.78 is 12.9. The van der Waals surface area contributed by atoms with Gasteiger partial charge < -0.3 is 9.26 Å². The minimum absolute atomic E-state index is 0.0140. The van der Waals surface area contributed by atoms with Crippen LogP contribution in [-0.2, 0) is 0 Å². The van der Waals surface area contributed by atoms with Gasteiger partial charge in [0.2, 0.25) is 0 Å². The summed E-state index contributed by atoms with van der Waals surface area (Å²) in [5.41, 5.74) is 0. The van der Waals surface area contributed by atoms with Crippen molar-refractivity contribution in [3.63, 3.8) is 0 Å². The smallest absolute Gasteiger partial charge is 0.268 e. The van der Waals surface area contributed by atoms with Gasteiger partial charge in [-0.2, -0.15) is 0 Å². The average molecular weight is 457 g/mol. The molecule has 0 radical (unpaired) electrons. The molecule has 0 unspecified atom stereocenters. The van der Waals surface area contributed by atoms with Crippen molar-refractivity contribution < 1.29 is 9.26 Å². The number of aromatic nitrogens is 1. The summed E-state index contributed by atoms with van der Waals surface area (Å²) in [6.07, 6.45) is 3.99. The van der Waals surface area contributed by atoms with Gasteiger partial charge in [0.05, 0.1) is 12.6 Å². The van der Waals surface area contributed by atoms with Gasteiger partial charge >= 0.3 is 0 Å². The number of hydrogen-bond donors (Lipinski definition) is 0. The molecule has 6 heteroatoms. The summed E-state index contributed by atoms with van der Waals surface area (Å²) in [7, 11) is 0. The van der Waals surface area contributed by atoms with Gasteiger partial charge in [-0.3, -0.25) is 4.90 Å². The van der Waals surface area contributed by atoms with E-state index in [4.69, 9.17) is 9.26 Å². The second-order valence-corrected chi connectivity index (χ2v) is 6.24. The largest absolute Gasteiger partial charge is 0.475 e. The molecule has 114 valence electrons. The topological polar surface area (TPSA) is 38.5 Å². The maximum absolute atomic E-state index is 5.62. The lowest BCUT2D eigenvalue weighted by atomic mass is 10.2. The number of likely N-dealkylation sites (N-methyl/N-ethyl adjacent to an activating group) is 1. The van der Waals surface area contributed by atoms with Crippen LogP contribution in [-0.4, -0.2) is 34.2 Å². The quantitative estimate of drug-likeness (QED) is 0.223. The van der Waals surface area contributed by atoms with Crippen molar-refractivity contribution in [1.82, 2.24) is 10.1 Å². The number of ether oxygens (including phenoxy) is 1. The van der Waals surface area contributed by atoms with E-state index in [1.807, 2.05) is 6.08 Å². The number of hydrogen-bond acceptors (Lipinski definition) is 4. The highest BCUT2D eigenvalue weighted by Gasteiger charge is 2.25. The minimum atomic E-state index is 0.0140. The molecule has 0 saturated heterocycles. The van der Waals surface area contributed by atoms with Crippen molar-refractivity contribution in [3.8, 4) is 5.88 Å². The Morgan fingerprint density at radius 2 is 2.30 bits per heavy atom. The predicted molar refractivity (Wildman–Crippen MR) is 93.7 cm³/mol. The number of halogens is 2.